The lowest BCUT2D eigenvalue weighted by Gasteiger charge is -2.27. The molecule has 0 amide bonds. The van der Waals surface area contributed by atoms with Gasteiger partial charge in [-0.3, -0.25) is 0 Å². The first-order chi connectivity index (χ1) is 8.36. The van der Waals surface area contributed by atoms with E-state index in [0.717, 1.165) is 13.2 Å². The lowest BCUT2D eigenvalue weighted by molar-refractivity contribution is 0.00458. The molecule has 0 aromatic rings. The fourth-order valence-corrected chi connectivity index (χ4v) is 2.60. The van der Waals surface area contributed by atoms with Gasteiger partial charge in [-0.05, 0) is 45.1 Å². The number of unbranched alkanes of at least 4 members (excludes halogenated alkanes) is 2. The van der Waals surface area contributed by atoms with Gasteiger partial charge >= 0.3 is 0 Å². The molecule has 2 unspecified atom stereocenters. The molecule has 102 valence electrons. The summed E-state index contributed by atoms with van der Waals surface area (Å²) in [7, 11) is 0. The summed E-state index contributed by atoms with van der Waals surface area (Å²) in [5.41, 5.74) is 0. The molecule has 0 spiro atoms. The lowest BCUT2D eigenvalue weighted by atomic mass is 9.98. The van der Waals surface area contributed by atoms with Crippen molar-refractivity contribution in [3.63, 3.8) is 0 Å². The van der Waals surface area contributed by atoms with Crippen molar-refractivity contribution in [1.29, 1.82) is 0 Å². The SMILES string of the molecule is CCCCCC(CC1CCCCO1)NCCC. The molecule has 1 saturated heterocycles. The normalized spacial score (nSPS) is 22.6. The van der Waals surface area contributed by atoms with E-state index >= 15 is 0 Å². The first kappa shape index (κ1) is 15.0. The summed E-state index contributed by atoms with van der Waals surface area (Å²) in [6.45, 7) is 6.66. The van der Waals surface area contributed by atoms with Gasteiger partial charge in [0.1, 0.15) is 0 Å². The maximum atomic E-state index is 5.85. The summed E-state index contributed by atoms with van der Waals surface area (Å²) < 4.78 is 5.85. The molecule has 0 radical (unpaired) electrons. The Morgan fingerprint density at radius 2 is 2.06 bits per heavy atom. The number of hydrogen-bond acceptors (Lipinski definition) is 2. The van der Waals surface area contributed by atoms with Crippen LogP contribution >= 0.6 is 0 Å². The molecule has 0 bridgehead atoms. The van der Waals surface area contributed by atoms with Crippen molar-refractivity contribution in [2.24, 2.45) is 0 Å². The summed E-state index contributed by atoms with van der Waals surface area (Å²) >= 11 is 0. The summed E-state index contributed by atoms with van der Waals surface area (Å²) in [5, 5.41) is 3.70. The van der Waals surface area contributed by atoms with Crippen LogP contribution in [0.5, 0.6) is 0 Å². The van der Waals surface area contributed by atoms with E-state index in [0.29, 0.717) is 12.1 Å². The highest BCUT2D eigenvalue weighted by atomic mass is 16.5. The van der Waals surface area contributed by atoms with Crippen LogP contribution in [0.15, 0.2) is 0 Å². The average Bonchev–Trinajstić information content (AvgIpc) is 2.37. The van der Waals surface area contributed by atoms with Crippen molar-refractivity contribution in [1.82, 2.24) is 5.32 Å². The third kappa shape index (κ3) is 7.05. The van der Waals surface area contributed by atoms with Gasteiger partial charge in [-0.25, -0.2) is 0 Å². The van der Waals surface area contributed by atoms with Crippen LogP contribution in [-0.4, -0.2) is 25.3 Å². The van der Waals surface area contributed by atoms with E-state index in [1.807, 2.05) is 0 Å². The van der Waals surface area contributed by atoms with Gasteiger partial charge in [-0.2, -0.15) is 0 Å². The minimum absolute atomic E-state index is 0.528. The van der Waals surface area contributed by atoms with Gasteiger partial charge in [-0.15, -0.1) is 0 Å². The number of nitrogens with one attached hydrogen (secondary N) is 1. The van der Waals surface area contributed by atoms with Crippen molar-refractivity contribution in [2.45, 2.75) is 83.8 Å². The Labute approximate surface area is 108 Å². The number of hydrogen-bond donors (Lipinski definition) is 1. The Morgan fingerprint density at radius 1 is 1.18 bits per heavy atom. The molecule has 2 nitrogen and oxygen atoms in total. The van der Waals surface area contributed by atoms with Crippen molar-refractivity contribution in [3.05, 3.63) is 0 Å². The molecule has 2 heteroatoms. The zero-order valence-corrected chi connectivity index (χ0v) is 11.8. The summed E-state index contributed by atoms with van der Waals surface area (Å²) in [4.78, 5) is 0. The highest BCUT2D eigenvalue weighted by Crippen LogP contribution is 2.19. The van der Waals surface area contributed by atoms with Crippen molar-refractivity contribution < 1.29 is 4.74 Å². The molecule has 1 aliphatic heterocycles. The van der Waals surface area contributed by atoms with Crippen LogP contribution in [-0.2, 0) is 4.74 Å². The Kier molecular flexibility index (Phi) is 8.72. The highest BCUT2D eigenvalue weighted by Gasteiger charge is 2.18. The second kappa shape index (κ2) is 9.90. The lowest BCUT2D eigenvalue weighted by Crippen LogP contribution is -2.35. The van der Waals surface area contributed by atoms with Crippen LogP contribution in [0.25, 0.3) is 0 Å². The second-order valence-electron chi connectivity index (χ2n) is 5.37. The van der Waals surface area contributed by atoms with E-state index in [4.69, 9.17) is 4.74 Å². The molecule has 1 aliphatic rings. The van der Waals surface area contributed by atoms with Crippen LogP contribution in [0.1, 0.15) is 71.6 Å². The summed E-state index contributed by atoms with van der Waals surface area (Å²) in [5.74, 6) is 0. The maximum Gasteiger partial charge on any atom is 0.0590 e. The standard InChI is InChI=1S/C15H31NO/c1-3-5-6-9-14(16-11-4-2)13-15-10-7-8-12-17-15/h14-16H,3-13H2,1-2H3. The monoisotopic (exact) mass is 241 g/mol. The molecule has 1 rings (SSSR count). The average molecular weight is 241 g/mol. The zero-order valence-electron chi connectivity index (χ0n) is 11.8. The number of ether oxygens (including phenoxy) is 1. The van der Waals surface area contributed by atoms with Crippen LogP contribution in [0.3, 0.4) is 0 Å². The predicted octanol–water partition coefficient (Wildman–Crippen LogP) is 3.89. The molecule has 0 aromatic heterocycles. The van der Waals surface area contributed by atoms with Gasteiger partial charge in [0.05, 0.1) is 6.10 Å². The molecule has 0 aromatic carbocycles. The van der Waals surface area contributed by atoms with Crippen molar-refractivity contribution in [2.75, 3.05) is 13.2 Å². The van der Waals surface area contributed by atoms with Gasteiger partial charge in [0.25, 0.3) is 0 Å². The third-order valence-corrected chi connectivity index (χ3v) is 3.66. The van der Waals surface area contributed by atoms with Crippen LogP contribution in [0.2, 0.25) is 0 Å². The maximum absolute atomic E-state index is 5.85. The number of rotatable bonds is 9. The minimum atomic E-state index is 0.528. The van der Waals surface area contributed by atoms with E-state index in [2.05, 4.69) is 19.2 Å². The van der Waals surface area contributed by atoms with Crippen LogP contribution < -0.4 is 5.32 Å². The summed E-state index contributed by atoms with van der Waals surface area (Å²) in [6, 6.07) is 0.685. The summed E-state index contributed by atoms with van der Waals surface area (Å²) in [6.07, 6.45) is 12.3. The first-order valence-corrected chi connectivity index (χ1v) is 7.71. The van der Waals surface area contributed by atoms with Gasteiger partial charge in [0, 0.05) is 12.6 Å². The molecule has 0 aliphatic carbocycles. The molecule has 2 atom stereocenters. The van der Waals surface area contributed by atoms with Crippen molar-refractivity contribution >= 4 is 0 Å². The molecule has 1 fully saturated rings. The van der Waals surface area contributed by atoms with Gasteiger partial charge < -0.3 is 10.1 Å². The largest absolute Gasteiger partial charge is 0.378 e. The van der Waals surface area contributed by atoms with E-state index in [1.54, 1.807) is 0 Å². The van der Waals surface area contributed by atoms with E-state index in [-0.39, 0.29) is 0 Å². The van der Waals surface area contributed by atoms with Gasteiger partial charge in [-0.1, -0.05) is 33.1 Å². The van der Waals surface area contributed by atoms with E-state index < -0.39 is 0 Å². The topological polar surface area (TPSA) is 21.3 Å². The molecule has 0 saturated carbocycles. The molecule has 1 N–H and O–H groups in total. The molecular weight excluding hydrogens is 210 g/mol. The van der Waals surface area contributed by atoms with E-state index in [1.165, 1.54) is 57.8 Å². The zero-order chi connectivity index (χ0) is 12.3. The quantitative estimate of drug-likeness (QED) is 0.618. The predicted molar refractivity (Wildman–Crippen MR) is 74.4 cm³/mol. The third-order valence-electron chi connectivity index (χ3n) is 3.66. The smallest absolute Gasteiger partial charge is 0.0590 e. The Hall–Kier alpha value is -0.0800. The fourth-order valence-electron chi connectivity index (χ4n) is 2.60. The fraction of sp³-hybridized carbons (Fsp3) is 1.00. The first-order valence-electron chi connectivity index (χ1n) is 7.71. The molecular formula is C15H31NO. The molecule has 17 heavy (non-hydrogen) atoms. The Balaban J connectivity index is 2.22. The van der Waals surface area contributed by atoms with E-state index in [9.17, 15) is 0 Å². The van der Waals surface area contributed by atoms with Crippen molar-refractivity contribution in [3.8, 4) is 0 Å². The van der Waals surface area contributed by atoms with Crippen LogP contribution in [0, 0.1) is 0 Å². The van der Waals surface area contributed by atoms with Gasteiger partial charge in [0.15, 0.2) is 0 Å². The van der Waals surface area contributed by atoms with Crippen LogP contribution in [0.4, 0.5) is 0 Å². The van der Waals surface area contributed by atoms with Gasteiger partial charge in [0.2, 0.25) is 0 Å². The second-order valence-corrected chi connectivity index (χ2v) is 5.37. The highest BCUT2D eigenvalue weighted by molar-refractivity contribution is 4.74. The Morgan fingerprint density at radius 3 is 2.71 bits per heavy atom. The minimum Gasteiger partial charge on any atom is -0.378 e. The molecule has 1 heterocycles. The Bertz CT molecular complexity index is 166.